The number of hydrogen-bond donors (Lipinski definition) is 1. The molecule has 0 atom stereocenters. The highest BCUT2D eigenvalue weighted by molar-refractivity contribution is 7.93. The van der Waals surface area contributed by atoms with Gasteiger partial charge in [0, 0.05) is 6.04 Å². The summed E-state index contributed by atoms with van der Waals surface area (Å²) >= 11 is 0. The quantitative estimate of drug-likeness (QED) is 0.895. The molecular weight excluding hydrogens is 288 g/mol. The van der Waals surface area contributed by atoms with Gasteiger partial charge in [0.25, 0.3) is 0 Å². The summed E-state index contributed by atoms with van der Waals surface area (Å²) in [5.41, 5.74) is 7.23. The van der Waals surface area contributed by atoms with Crippen molar-refractivity contribution in [2.24, 2.45) is 5.73 Å². The van der Waals surface area contributed by atoms with E-state index in [-0.39, 0.29) is 12.6 Å². The molecule has 1 aromatic carbocycles. The predicted molar refractivity (Wildman–Crippen MR) is 82.7 cm³/mol. The lowest BCUT2D eigenvalue weighted by molar-refractivity contribution is -0.118. The minimum absolute atomic E-state index is 0.293. The van der Waals surface area contributed by atoms with Crippen LogP contribution in [-0.2, 0) is 21.2 Å². The van der Waals surface area contributed by atoms with E-state index in [1.54, 1.807) is 19.9 Å². The first-order chi connectivity index (χ1) is 9.82. The number of allylic oxidation sites excluding steroid dienone is 1. The van der Waals surface area contributed by atoms with Gasteiger partial charge in [0.1, 0.15) is 0 Å². The van der Waals surface area contributed by atoms with Crippen LogP contribution >= 0.6 is 0 Å². The van der Waals surface area contributed by atoms with Gasteiger partial charge in [0.15, 0.2) is 0 Å². The van der Waals surface area contributed by atoms with Crippen LogP contribution < -0.4 is 5.73 Å². The maximum absolute atomic E-state index is 12.7. The van der Waals surface area contributed by atoms with Gasteiger partial charge in [-0.05, 0) is 43.9 Å². The van der Waals surface area contributed by atoms with Crippen molar-refractivity contribution in [3.8, 4) is 0 Å². The van der Waals surface area contributed by atoms with Gasteiger partial charge in [-0.1, -0.05) is 24.3 Å². The van der Waals surface area contributed by atoms with Crippen molar-refractivity contribution in [3.63, 3.8) is 0 Å². The maximum atomic E-state index is 12.7. The third-order valence-electron chi connectivity index (χ3n) is 3.54. The normalized spacial score (nSPS) is 15.0. The van der Waals surface area contributed by atoms with Crippen LogP contribution in [0.4, 0.5) is 0 Å². The molecule has 1 amide bonds. The number of nitrogens with zero attached hydrogens (tertiary/aromatic N) is 1. The van der Waals surface area contributed by atoms with Gasteiger partial charge < -0.3 is 5.73 Å². The van der Waals surface area contributed by atoms with Gasteiger partial charge in [-0.15, -0.1) is 0 Å². The van der Waals surface area contributed by atoms with Crippen LogP contribution in [0.1, 0.15) is 31.4 Å². The lowest BCUT2D eigenvalue weighted by atomic mass is 9.98. The van der Waals surface area contributed by atoms with E-state index in [0.29, 0.717) is 17.7 Å². The molecule has 0 saturated carbocycles. The number of carbonyl (C=O) groups excluding carboxylic acids is 1. The summed E-state index contributed by atoms with van der Waals surface area (Å²) in [6.07, 6.45) is 2.83. The molecule has 0 bridgehead atoms. The number of primary amides is 1. The molecule has 0 saturated heterocycles. The summed E-state index contributed by atoms with van der Waals surface area (Å²) in [6, 6.07) is 7.41. The molecule has 5 nitrogen and oxygen atoms in total. The summed E-state index contributed by atoms with van der Waals surface area (Å²) in [7, 11) is -3.67. The average molecular weight is 308 g/mol. The average Bonchev–Trinajstić information content (AvgIpc) is 2.43. The first-order valence-electron chi connectivity index (χ1n) is 6.91. The number of nitrogens with two attached hydrogens (primary N) is 1. The third-order valence-corrected chi connectivity index (χ3v) is 5.69. The fourth-order valence-electron chi connectivity index (χ4n) is 2.46. The smallest absolute Gasteiger partial charge is 0.239 e. The standard InChI is InChI=1S/C15H20N2O3S/c1-11(2)17(10-15(16)18)21(19,20)14-8-7-12-5-3-4-6-13(12)9-14/h3-6,9,11H,7-8,10H2,1-2H3,(H2,16,18). The van der Waals surface area contributed by atoms with Gasteiger partial charge in [0.2, 0.25) is 15.9 Å². The van der Waals surface area contributed by atoms with Crippen molar-refractivity contribution in [2.45, 2.75) is 32.7 Å². The van der Waals surface area contributed by atoms with Crippen LogP contribution in [0.3, 0.4) is 0 Å². The first-order valence-corrected chi connectivity index (χ1v) is 8.35. The Labute approximate surface area is 125 Å². The summed E-state index contributed by atoms with van der Waals surface area (Å²) in [4.78, 5) is 11.5. The zero-order valence-corrected chi connectivity index (χ0v) is 13.1. The van der Waals surface area contributed by atoms with Crippen molar-refractivity contribution < 1.29 is 13.2 Å². The lowest BCUT2D eigenvalue weighted by Crippen LogP contribution is -2.43. The van der Waals surface area contributed by atoms with Crippen LogP contribution in [0.25, 0.3) is 6.08 Å². The number of aryl methyl sites for hydroxylation is 1. The summed E-state index contributed by atoms with van der Waals surface area (Å²) < 4.78 is 26.6. The minimum Gasteiger partial charge on any atom is -0.369 e. The molecule has 0 heterocycles. The number of benzene rings is 1. The van der Waals surface area contributed by atoms with Gasteiger partial charge in [0.05, 0.1) is 11.4 Å². The molecule has 114 valence electrons. The molecule has 0 unspecified atom stereocenters. The van der Waals surface area contributed by atoms with Crippen molar-refractivity contribution in [2.75, 3.05) is 6.54 Å². The maximum Gasteiger partial charge on any atom is 0.239 e. The molecule has 21 heavy (non-hydrogen) atoms. The van der Waals surface area contributed by atoms with E-state index >= 15 is 0 Å². The summed E-state index contributed by atoms with van der Waals surface area (Å²) in [6.45, 7) is 3.18. The van der Waals surface area contributed by atoms with Gasteiger partial charge in [-0.25, -0.2) is 8.42 Å². The monoisotopic (exact) mass is 308 g/mol. The molecular formula is C15H20N2O3S. The van der Waals surface area contributed by atoms with Gasteiger partial charge >= 0.3 is 0 Å². The van der Waals surface area contributed by atoms with Crippen molar-refractivity contribution in [3.05, 3.63) is 40.3 Å². The Hall–Kier alpha value is -1.66. The van der Waals surface area contributed by atoms with Crippen LogP contribution in [0.15, 0.2) is 29.2 Å². The number of amides is 1. The molecule has 0 aromatic heterocycles. The summed E-state index contributed by atoms with van der Waals surface area (Å²) in [5.74, 6) is -0.649. The molecule has 6 heteroatoms. The van der Waals surface area contributed by atoms with Crippen LogP contribution in [0, 0.1) is 0 Å². The second-order valence-corrected chi connectivity index (χ2v) is 7.36. The fraction of sp³-hybridized carbons (Fsp3) is 0.400. The third kappa shape index (κ3) is 3.33. The van der Waals surface area contributed by atoms with E-state index in [4.69, 9.17) is 5.73 Å². The lowest BCUT2D eigenvalue weighted by Gasteiger charge is -2.27. The molecule has 1 aliphatic carbocycles. The van der Waals surface area contributed by atoms with Crippen molar-refractivity contribution in [1.29, 1.82) is 0 Å². The highest BCUT2D eigenvalue weighted by atomic mass is 32.2. The Kier molecular flexibility index (Phi) is 4.49. The van der Waals surface area contributed by atoms with Crippen LogP contribution in [0.2, 0.25) is 0 Å². The molecule has 1 aromatic rings. The number of fused-ring (bicyclic) bond motifs is 1. The van der Waals surface area contributed by atoms with E-state index in [1.165, 1.54) is 0 Å². The zero-order chi connectivity index (χ0) is 15.6. The Bertz CT molecular complexity index is 678. The molecule has 0 spiro atoms. The molecule has 2 N–H and O–H groups in total. The fourth-order valence-corrected chi connectivity index (χ4v) is 4.25. The summed E-state index contributed by atoms with van der Waals surface area (Å²) in [5, 5.41) is 0. The van der Waals surface area contributed by atoms with E-state index < -0.39 is 15.9 Å². The van der Waals surface area contributed by atoms with Crippen LogP contribution in [0.5, 0.6) is 0 Å². The topological polar surface area (TPSA) is 80.5 Å². The van der Waals surface area contributed by atoms with Gasteiger partial charge in [-0.2, -0.15) is 4.31 Å². The molecule has 2 rings (SSSR count). The van der Waals surface area contributed by atoms with E-state index in [0.717, 1.165) is 15.4 Å². The zero-order valence-electron chi connectivity index (χ0n) is 12.2. The number of sulfonamides is 1. The number of hydrogen-bond acceptors (Lipinski definition) is 3. The highest BCUT2D eigenvalue weighted by Gasteiger charge is 2.31. The van der Waals surface area contributed by atoms with E-state index in [9.17, 15) is 13.2 Å². The minimum atomic E-state index is -3.67. The van der Waals surface area contributed by atoms with Crippen molar-refractivity contribution >= 4 is 22.0 Å². The molecule has 0 radical (unpaired) electrons. The van der Waals surface area contributed by atoms with E-state index in [1.807, 2.05) is 24.3 Å². The highest BCUT2D eigenvalue weighted by Crippen LogP contribution is 2.29. The molecule has 1 aliphatic rings. The number of carbonyl (C=O) groups is 1. The Balaban J connectivity index is 2.40. The van der Waals surface area contributed by atoms with E-state index in [2.05, 4.69) is 0 Å². The first kappa shape index (κ1) is 15.7. The predicted octanol–water partition coefficient (Wildman–Crippen LogP) is 1.50. The molecule has 0 aliphatic heterocycles. The Morgan fingerprint density at radius 3 is 2.57 bits per heavy atom. The second-order valence-electron chi connectivity index (χ2n) is 5.42. The van der Waals surface area contributed by atoms with Crippen molar-refractivity contribution in [1.82, 2.24) is 4.31 Å². The second kappa shape index (κ2) is 5.99. The number of rotatable bonds is 5. The molecule has 0 fully saturated rings. The van der Waals surface area contributed by atoms with Gasteiger partial charge in [-0.3, -0.25) is 4.79 Å². The van der Waals surface area contributed by atoms with Crippen LogP contribution in [-0.4, -0.2) is 31.2 Å². The largest absolute Gasteiger partial charge is 0.369 e. The Morgan fingerprint density at radius 2 is 1.95 bits per heavy atom. The SMILES string of the molecule is CC(C)N(CC(N)=O)S(=O)(=O)C1=Cc2ccccc2CC1. The Morgan fingerprint density at radius 1 is 1.29 bits per heavy atom.